The van der Waals surface area contributed by atoms with Crippen LogP contribution in [0.1, 0.15) is 28.3 Å². The summed E-state index contributed by atoms with van der Waals surface area (Å²) in [6.07, 6.45) is 0. The highest BCUT2D eigenvalue weighted by Gasteiger charge is 2.26. The van der Waals surface area contributed by atoms with E-state index in [1.807, 2.05) is 20.8 Å². The predicted molar refractivity (Wildman–Crippen MR) is 75.9 cm³/mol. The van der Waals surface area contributed by atoms with Crippen molar-refractivity contribution in [1.29, 1.82) is 0 Å². The Morgan fingerprint density at radius 3 is 2.22 bits per heavy atom. The second-order valence-corrected chi connectivity index (χ2v) is 5.05. The van der Waals surface area contributed by atoms with Crippen LogP contribution in [-0.2, 0) is 4.79 Å². The van der Waals surface area contributed by atoms with Gasteiger partial charge in [0.05, 0.1) is 7.11 Å². The molecule has 0 saturated carbocycles. The maximum Gasteiger partial charge on any atom is 0.239 e. The van der Waals surface area contributed by atoms with Crippen molar-refractivity contribution in [2.45, 2.75) is 26.8 Å². The van der Waals surface area contributed by atoms with Crippen molar-refractivity contribution in [3.05, 3.63) is 26.7 Å². The molecule has 0 fully saturated rings. The summed E-state index contributed by atoms with van der Waals surface area (Å²) in [6.45, 7) is 5.93. The number of hydrogen-bond donors (Lipinski definition) is 2. The standard InChI is InChI=1S/C13H19BrN2O2/c1-6-7(2)12(18-5)9(8(3)10(6)14)11(16-4)13(15)17/h11,16H,1-5H3,(H2,15,17). The van der Waals surface area contributed by atoms with Crippen molar-refractivity contribution in [2.75, 3.05) is 14.2 Å². The molecule has 1 unspecified atom stereocenters. The second-order valence-electron chi connectivity index (χ2n) is 4.26. The number of methoxy groups -OCH3 is 1. The topological polar surface area (TPSA) is 64.3 Å². The first-order chi connectivity index (χ1) is 8.36. The summed E-state index contributed by atoms with van der Waals surface area (Å²) in [6, 6.07) is -0.560. The van der Waals surface area contributed by atoms with E-state index in [1.165, 1.54) is 0 Å². The molecule has 1 aromatic rings. The molecule has 0 aliphatic heterocycles. The van der Waals surface area contributed by atoms with E-state index in [2.05, 4.69) is 21.2 Å². The van der Waals surface area contributed by atoms with Crippen molar-refractivity contribution in [3.63, 3.8) is 0 Å². The molecule has 4 nitrogen and oxygen atoms in total. The average Bonchev–Trinajstić information content (AvgIpc) is 2.33. The lowest BCUT2D eigenvalue weighted by molar-refractivity contribution is -0.120. The molecule has 18 heavy (non-hydrogen) atoms. The van der Waals surface area contributed by atoms with Crippen LogP contribution in [0.15, 0.2) is 4.47 Å². The van der Waals surface area contributed by atoms with Crippen LogP contribution in [-0.4, -0.2) is 20.1 Å². The lowest BCUT2D eigenvalue weighted by Crippen LogP contribution is -2.32. The van der Waals surface area contributed by atoms with Crippen LogP contribution < -0.4 is 15.8 Å². The fourth-order valence-electron chi connectivity index (χ4n) is 2.15. The Bertz CT molecular complexity index is 487. The molecular weight excluding hydrogens is 296 g/mol. The van der Waals surface area contributed by atoms with Gasteiger partial charge in [0.1, 0.15) is 11.8 Å². The Balaban J connectivity index is 3.65. The first kappa shape index (κ1) is 15.0. The number of benzene rings is 1. The van der Waals surface area contributed by atoms with E-state index in [4.69, 9.17) is 10.5 Å². The lowest BCUT2D eigenvalue weighted by atomic mass is 9.93. The van der Waals surface area contributed by atoms with E-state index in [0.29, 0.717) is 5.75 Å². The number of amides is 1. The lowest BCUT2D eigenvalue weighted by Gasteiger charge is -2.23. The molecule has 1 amide bonds. The molecular formula is C13H19BrN2O2. The number of halogens is 1. The van der Waals surface area contributed by atoms with Gasteiger partial charge in [-0.15, -0.1) is 0 Å². The Morgan fingerprint density at radius 1 is 1.28 bits per heavy atom. The van der Waals surface area contributed by atoms with E-state index >= 15 is 0 Å². The van der Waals surface area contributed by atoms with Gasteiger partial charge in [0.2, 0.25) is 5.91 Å². The van der Waals surface area contributed by atoms with Gasteiger partial charge in [0, 0.05) is 10.0 Å². The van der Waals surface area contributed by atoms with Crippen molar-refractivity contribution in [2.24, 2.45) is 5.73 Å². The molecule has 0 aromatic heterocycles. The highest BCUT2D eigenvalue weighted by molar-refractivity contribution is 9.10. The predicted octanol–water partition coefficient (Wildman–Crippen LogP) is 2.13. The van der Waals surface area contributed by atoms with Crippen molar-refractivity contribution in [1.82, 2.24) is 5.32 Å². The first-order valence-electron chi connectivity index (χ1n) is 5.66. The summed E-state index contributed by atoms with van der Waals surface area (Å²) in [7, 11) is 3.31. The molecule has 3 N–H and O–H groups in total. The quantitative estimate of drug-likeness (QED) is 0.894. The fourth-order valence-corrected chi connectivity index (χ4v) is 2.66. The molecule has 0 aliphatic rings. The molecule has 1 atom stereocenters. The number of carbonyl (C=O) groups excluding carboxylic acids is 1. The van der Waals surface area contributed by atoms with Crippen LogP contribution in [0.3, 0.4) is 0 Å². The molecule has 0 saturated heterocycles. The normalized spacial score (nSPS) is 12.3. The second kappa shape index (κ2) is 5.71. The zero-order valence-corrected chi connectivity index (χ0v) is 12.9. The smallest absolute Gasteiger partial charge is 0.239 e. The molecule has 100 valence electrons. The number of rotatable bonds is 4. The molecule has 1 aromatic carbocycles. The van der Waals surface area contributed by atoms with Crippen LogP contribution in [0.25, 0.3) is 0 Å². The summed E-state index contributed by atoms with van der Waals surface area (Å²) >= 11 is 3.56. The van der Waals surface area contributed by atoms with Gasteiger partial charge < -0.3 is 15.8 Å². The zero-order valence-electron chi connectivity index (χ0n) is 11.3. The van der Waals surface area contributed by atoms with Crippen LogP contribution in [0.5, 0.6) is 5.75 Å². The SMILES string of the molecule is CNC(C(N)=O)c1c(C)c(Br)c(C)c(C)c1OC. The van der Waals surface area contributed by atoms with Gasteiger partial charge in [0.15, 0.2) is 0 Å². The minimum atomic E-state index is -0.560. The molecule has 0 spiro atoms. The zero-order chi connectivity index (χ0) is 14.0. The van der Waals surface area contributed by atoms with Gasteiger partial charge in [-0.25, -0.2) is 0 Å². The molecule has 0 aliphatic carbocycles. The number of primary amides is 1. The summed E-state index contributed by atoms with van der Waals surface area (Å²) in [4.78, 5) is 11.5. The third-order valence-electron chi connectivity index (χ3n) is 3.28. The molecule has 1 rings (SSSR count). The summed E-state index contributed by atoms with van der Waals surface area (Å²) in [5.74, 6) is 0.292. The Morgan fingerprint density at radius 2 is 1.83 bits per heavy atom. The Kier molecular flexibility index (Phi) is 4.76. The van der Waals surface area contributed by atoms with E-state index < -0.39 is 11.9 Å². The summed E-state index contributed by atoms with van der Waals surface area (Å²) in [5.41, 5.74) is 9.31. The molecule has 5 heteroatoms. The van der Waals surface area contributed by atoms with Crippen LogP contribution in [0, 0.1) is 20.8 Å². The minimum absolute atomic E-state index is 0.422. The summed E-state index contributed by atoms with van der Waals surface area (Å²) in [5, 5.41) is 2.93. The fraction of sp³-hybridized carbons (Fsp3) is 0.462. The third-order valence-corrected chi connectivity index (χ3v) is 4.47. The van der Waals surface area contributed by atoms with Gasteiger partial charge >= 0.3 is 0 Å². The van der Waals surface area contributed by atoms with E-state index in [9.17, 15) is 4.79 Å². The van der Waals surface area contributed by atoms with E-state index in [1.54, 1.807) is 14.2 Å². The van der Waals surface area contributed by atoms with Crippen molar-refractivity contribution < 1.29 is 9.53 Å². The van der Waals surface area contributed by atoms with Gasteiger partial charge in [-0.05, 0) is 44.5 Å². The monoisotopic (exact) mass is 314 g/mol. The number of carbonyl (C=O) groups is 1. The molecule has 0 heterocycles. The number of likely N-dealkylation sites (N-methyl/N-ethyl adjacent to an activating group) is 1. The third kappa shape index (κ3) is 2.37. The Labute approximate surface area is 116 Å². The van der Waals surface area contributed by atoms with Gasteiger partial charge in [-0.2, -0.15) is 0 Å². The van der Waals surface area contributed by atoms with Gasteiger partial charge in [0.25, 0.3) is 0 Å². The van der Waals surface area contributed by atoms with Crippen LogP contribution in [0.4, 0.5) is 0 Å². The van der Waals surface area contributed by atoms with Crippen LogP contribution >= 0.6 is 15.9 Å². The minimum Gasteiger partial charge on any atom is -0.496 e. The Hall–Kier alpha value is -1.07. The van der Waals surface area contributed by atoms with E-state index in [0.717, 1.165) is 26.7 Å². The number of ether oxygens (including phenoxy) is 1. The molecule has 0 bridgehead atoms. The number of nitrogens with two attached hydrogens (primary N) is 1. The van der Waals surface area contributed by atoms with Crippen LogP contribution in [0.2, 0.25) is 0 Å². The maximum absolute atomic E-state index is 11.5. The average molecular weight is 315 g/mol. The molecule has 0 radical (unpaired) electrons. The number of nitrogens with one attached hydrogen (secondary N) is 1. The van der Waals surface area contributed by atoms with Crippen molar-refractivity contribution >= 4 is 21.8 Å². The highest BCUT2D eigenvalue weighted by Crippen LogP contribution is 2.39. The van der Waals surface area contributed by atoms with E-state index in [-0.39, 0.29) is 0 Å². The van der Waals surface area contributed by atoms with Gasteiger partial charge in [-0.1, -0.05) is 15.9 Å². The van der Waals surface area contributed by atoms with Crippen molar-refractivity contribution in [3.8, 4) is 5.75 Å². The highest BCUT2D eigenvalue weighted by atomic mass is 79.9. The number of hydrogen-bond acceptors (Lipinski definition) is 3. The largest absolute Gasteiger partial charge is 0.496 e. The first-order valence-corrected chi connectivity index (χ1v) is 6.45. The maximum atomic E-state index is 11.5. The summed E-state index contributed by atoms with van der Waals surface area (Å²) < 4.78 is 6.44. The van der Waals surface area contributed by atoms with Gasteiger partial charge in [-0.3, -0.25) is 4.79 Å².